The van der Waals surface area contributed by atoms with Gasteiger partial charge in [0, 0.05) is 11.7 Å². The summed E-state index contributed by atoms with van der Waals surface area (Å²) in [6.45, 7) is 0. The van der Waals surface area contributed by atoms with Gasteiger partial charge in [0.05, 0.1) is 6.08 Å². The highest BCUT2D eigenvalue weighted by Gasteiger charge is 2.20. The van der Waals surface area contributed by atoms with Crippen LogP contribution < -0.4 is 0 Å². The number of carbonyl (C=O) groups excluding carboxylic acids is 1. The summed E-state index contributed by atoms with van der Waals surface area (Å²) in [5.41, 5.74) is 0. The summed E-state index contributed by atoms with van der Waals surface area (Å²) in [4.78, 5) is 17.8. The molecule has 0 aromatic rings. The van der Waals surface area contributed by atoms with Gasteiger partial charge in [-0.3, -0.25) is 0 Å². The number of hydrogen-bond acceptors (Lipinski definition) is 4. The minimum absolute atomic E-state index is 0.851. The second-order valence-electron chi connectivity index (χ2n) is 1.23. The lowest BCUT2D eigenvalue weighted by atomic mass is 10.6. The average Bonchev–Trinajstić information content (AvgIpc) is 1.86. The maximum Gasteiger partial charge on any atom is 0.697 e. The zero-order valence-electron chi connectivity index (χ0n) is 5.18. The molecule has 0 aliphatic heterocycles. The van der Waals surface area contributed by atoms with Gasteiger partial charge in [-0.25, -0.2) is 4.79 Å². The first-order chi connectivity index (χ1) is 4.70. The van der Waals surface area contributed by atoms with Gasteiger partial charge in [-0.2, -0.15) is 0 Å². The van der Waals surface area contributed by atoms with Crippen LogP contribution in [0.15, 0.2) is 6.08 Å². The van der Waals surface area contributed by atoms with E-state index in [1.54, 1.807) is 0 Å². The Balaban J connectivity index is 3.82. The maximum absolute atomic E-state index is 9.94. The lowest BCUT2D eigenvalue weighted by Crippen LogP contribution is -2.07. The van der Waals surface area contributed by atoms with Gasteiger partial charge in [-0.1, -0.05) is 4.52 Å². The van der Waals surface area contributed by atoms with E-state index >= 15 is 0 Å². The molecule has 0 aliphatic carbocycles. The topological polar surface area (TPSA) is 72.8 Å². The fourth-order valence-corrected chi connectivity index (χ4v) is 0.611. The van der Waals surface area contributed by atoms with Crippen molar-refractivity contribution in [1.82, 2.24) is 0 Å². The van der Waals surface area contributed by atoms with Crippen LogP contribution in [0.25, 0.3) is 0 Å². The lowest BCUT2D eigenvalue weighted by molar-refractivity contribution is -0.0161. The van der Waals surface area contributed by atoms with E-state index in [-0.39, 0.29) is 0 Å². The van der Waals surface area contributed by atoms with Crippen molar-refractivity contribution in [2.75, 3.05) is 7.11 Å². The molecule has 56 valence electrons. The van der Waals surface area contributed by atoms with Gasteiger partial charge in [-0.15, -0.1) is 4.89 Å². The monoisotopic (exact) mass is 165 g/mol. The van der Waals surface area contributed by atoms with Crippen molar-refractivity contribution in [2.45, 2.75) is 6.29 Å². The first-order valence-electron chi connectivity index (χ1n) is 2.27. The van der Waals surface area contributed by atoms with Gasteiger partial charge in [0.1, 0.15) is 5.94 Å². The summed E-state index contributed by atoms with van der Waals surface area (Å²) in [5, 5.41) is 0. The predicted octanol–water partition coefficient (Wildman–Crippen LogP) is 0.0130. The van der Waals surface area contributed by atoms with Crippen molar-refractivity contribution in [3.8, 4) is 0 Å². The molecule has 0 saturated heterocycles. The summed E-state index contributed by atoms with van der Waals surface area (Å²) >= 11 is 0. The van der Waals surface area contributed by atoms with Crippen LogP contribution in [-0.2, 0) is 18.6 Å². The van der Waals surface area contributed by atoms with E-state index in [1.807, 2.05) is 0 Å². The number of rotatable bonds is 4. The lowest BCUT2D eigenvalue weighted by Gasteiger charge is -1.96. The van der Waals surface area contributed by atoms with Gasteiger partial charge in [0.15, 0.2) is 0 Å². The third-order valence-electron chi connectivity index (χ3n) is 0.630. The zero-order chi connectivity index (χ0) is 7.98. The molecule has 6 heteroatoms. The number of hydrogen-bond donors (Lipinski definition) is 1. The standard InChI is InChI=1S/C4H5O5P/c1-8-4(2-3-5)9-10(6)7/h2,4H,1H3/p+1. The molecule has 0 bridgehead atoms. The summed E-state index contributed by atoms with van der Waals surface area (Å²) < 4.78 is 18.5. The molecular formula is C4H6O5P+. The summed E-state index contributed by atoms with van der Waals surface area (Å²) in [6.07, 6.45) is -0.241. The molecule has 0 amide bonds. The second kappa shape index (κ2) is 5.23. The Bertz CT molecular complexity index is 161. The molecule has 0 radical (unpaired) electrons. The van der Waals surface area contributed by atoms with E-state index in [0.717, 1.165) is 6.08 Å². The van der Waals surface area contributed by atoms with Crippen LogP contribution >= 0.6 is 8.25 Å². The van der Waals surface area contributed by atoms with Crippen molar-refractivity contribution in [3.63, 3.8) is 0 Å². The van der Waals surface area contributed by atoms with Crippen LogP contribution in [0.4, 0.5) is 0 Å². The number of methoxy groups -OCH3 is 1. The molecule has 0 aromatic carbocycles. The predicted molar refractivity (Wildman–Crippen MR) is 32.0 cm³/mol. The summed E-state index contributed by atoms with van der Waals surface area (Å²) in [5.74, 6) is 1.36. The van der Waals surface area contributed by atoms with Crippen molar-refractivity contribution in [3.05, 3.63) is 6.08 Å². The molecule has 1 N–H and O–H groups in total. The highest BCUT2D eigenvalue weighted by molar-refractivity contribution is 7.32. The van der Waals surface area contributed by atoms with Gasteiger partial charge in [0.25, 0.3) is 0 Å². The van der Waals surface area contributed by atoms with Crippen molar-refractivity contribution < 1.29 is 23.5 Å². The van der Waals surface area contributed by atoms with Crippen LogP contribution in [0.1, 0.15) is 0 Å². The van der Waals surface area contributed by atoms with Crippen molar-refractivity contribution >= 4 is 14.2 Å². The Hall–Kier alpha value is -0.570. The molecule has 0 rings (SSSR count). The molecule has 0 aromatic heterocycles. The third-order valence-corrected chi connectivity index (χ3v) is 1.02. The minimum atomic E-state index is -2.74. The Kier molecular flexibility index (Phi) is 4.94. The Morgan fingerprint density at radius 1 is 1.80 bits per heavy atom. The number of ether oxygens (including phenoxy) is 1. The van der Waals surface area contributed by atoms with Gasteiger partial charge < -0.3 is 4.74 Å². The van der Waals surface area contributed by atoms with E-state index in [1.165, 1.54) is 13.1 Å². The highest BCUT2D eigenvalue weighted by Crippen LogP contribution is 2.18. The molecule has 0 spiro atoms. The van der Waals surface area contributed by atoms with Crippen molar-refractivity contribution in [1.29, 1.82) is 0 Å². The normalized spacial score (nSPS) is 13.6. The van der Waals surface area contributed by atoms with E-state index in [9.17, 15) is 9.36 Å². The summed E-state index contributed by atoms with van der Waals surface area (Å²) in [7, 11) is -1.51. The van der Waals surface area contributed by atoms with Crippen LogP contribution in [0.5, 0.6) is 0 Å². The second-order valence-corrected chi connectivity index (χ2v) is 1.92. The van der Waals surface area contributed by atoms with Crippen LogP contribution in [0.3, 0.4) is 0 Å². The first-order valence-corrected chi connectivity index (χ1v) is 3.40. The molecular weight excluding hydrogens is 159 g/mol. The smallest absolute Gasteiger partial charge is 0.348 e. The third kappa shape index (κ3) is 4.32. The fraction of sp³-hybridized carbons (Fsp3) is 0.500. The summed E-state index contributed by atoms with van der Waals surface area (Å²) in [6, 6.07) is 0. The quantitative estimate of drug-likeness (QED) is 0.361. The van der Waals surface area contributed by atoms with Crippen LogP contribution in [0, 0.1) is 0 Å². The van der Waals surface area contributed by atoms with Crippen LogP contribution in [0.2, 0.25) is 0 Å². The first kappa shape index (κ1) is 9.43. The van der Waals surface area contributed by atoms with Gasteiger partial charge in [-0.05, 0) is 0 Å². The molecule has 2 atom stereocenters. The molecule has 5 nitrogen and oxygen atoms in total. The van der Waals surface area contributed by atoms with Gasteiger partial charge >= 0.3 is 8.25 Å². The molecule has 0 aliphatic rings. The molecule has 0 heterocycles. The molecule has 10 heavy (non-hydrogen) atoms. The maximum atomic E-state index is 9.94. The zero-order valence-corrected chi connectivity index (χ0v) is 6.08. The van der Waals surface area contributed by atoms with E-state index in [4.69, 9.17) is 4.89 Å². The SMILES string of the molecule is COC(C=C=O)O[P+](=O)O. The van der Waals surface area contributed by atoms with Crippen molar-refractivity contribution in [2.24, 2.45) is 0 Å². The fourth-order valence-electron chi connectivity index (χ4n) is 0.286. The molecule has 0 fully saturated rings. The Morgan fingerprint density at radius 3 is 2.70 bits per heavy atom. The minimum Gasteiger partial charge on any atom is -0.348 e. The van der Waals surface area contributed by atoms with Gasteiger partial charge in [0.2, 0.25) is 6.29 Å². The Labute approximate surface area is 58.2 Å². The van der Waals surface area contributed by atoms with E-state index in [0.29, 0.717) is 0 Å². The molecule has 2 unspecified atom stereocenters. The van der Waals surface area contributed by atoms with E-state index < -0.39 is 14.5 Å². The van der Waals surface area contributed by atoms with Crippen LogP contribution in [-0.4, -0.2) is 24.2 Å². The highest BCUT2D eigenvalue weighted by atomic mass is 31.1. The van der Waals surface area contributed by atoms with E-state index in [2.05, 4.69) is 9.26 Å². The average molecular weight is 165 g/mol. The Morgan fingerprint density at radius 2 is 2.40 bits per heavy atom. The molecule has 0 saturated carbocycles. The largest absolute Gasteiger partial charge is 0.697 e.